The van der Waals surface area contributed by atoms with Gasteiger partial charge in [-0.15, -0.1) is 23.5 Å². The molecule has 0 aliphatic carbocycles. The summed E-state index contributed by atoms with van der Waals surface area (Å²) in [6.07, 6.45) is 0. The van der Waals surface area contributed by atoms with Crippen LogP contribution < -0.4 is 5.32 Å². The number of amides is 2. The Morgan fingerprint density at radius 3 is 2.69 bits per heavy atom. The van der Waals surface area contributed by atoms with Crippen LogP contribution in [-0.2, 0) is 29.7 Å². The van der Waals surface area contributed by atoms with Crippen molar-refractivity contribution < 1.29 is 29.0 Å². The molecule has 2 amide bonds. The van der Waals surface area contributed by atoms with Crippen molar-refractivity contribution in [3.8, 4) is 0 Å². The van der Waals surface area contributed by atoms with Gasteiger partial charge < -0.3 is 15.2 Å². The predicted molar refractivity (Wildman–Crippen MR) is 109 cm³/mol. The van der Waals surface area contributed by atoms with Gasteiger partial charge in [0.15, 0.2) is 0 Å². The first-order chi connectivity index (χ1) is 13.9. The van der Waals surface area contributed by atoms with Gasteiger partial charge in [-0.25, -0.2) is 4.79 Å². The van der Waals surface area contributed by atoms with Crippen LogP contribution in [0.3, 0.4) is 0 Å². The summed E-state index contributed by atoms with van der Waals surface area (Å²) in [6, 6.07) is 8.99. The van der Waals surface area contributed by atoms with E-state index in [2.05, 4.69) is 5.32 Å². The van der Waals surface area contributed by atoms with Crippen LogP contribution in [0.5, 0.6) is 0 Å². The summed E-state index contributed by atoms with van der Waals surface area (Å²) in [5, 5.41) is 11.7. The summed E-state index contributed by atoms with van der Waals surface area (Å²) in [5.41, 5.74) is 1.31. The summed E-state index contributed by atoms with van der Waals surface area (Å²) in [7, 11) is 0. The van der Waals surface area contributed by atoms with Crippen LogP contribution >= 0.6 is 23.5 Å². The van der Waals surface area contributed by atoms with Gasteiger partial charge >= 0.3 is 11.9 Å². The highest BCUT2D eigenvalue weighted by Gasteiger charge is 2.54. The molecule has 0 unspecified atom stereocenters. The number of nitrogens with zero attached hydrogens (tertiary/aromatic N) is 1. The highest BCUT2D eigenvalue weighted by Crippen LogP contribution is 2.40. The molecule has 2 aliphatic rings. The summed E-state index contributed by atoms with van der Waals surface area (Å²) >= 11 is 2.78. The second kappa shape index (κ2) is 9.36. The lowest BCUT2D eigenvalue weighted by Crippen LogP contribution is -2.70. The number of fused-ring (bicyclic) bond motifs is 1. The number of carboxylic acid groups (broad SMARTS) is 1. The van der Waals surface area contributed by atoms with E-state index in [0.29, 0.717) is 17.1 Å². The number of carbonyl (C=O) groups excluding carboxylic acids is 3. The van der Waals surface area contributed by atoms with Crippen molar-refractivity contribution in [1.82, 2.24) is 10.2 Å². The predicted octanol–water partition coefficient (Wildman–Crippen LogP) is 1.22. The SMILES string of the molecule is CC(=O)OCC1=C(C(=O)O)N2C(=O)[C@@H](NC(=O)CSCc3ccccc3)[C@H]2SC1. The van der Waals surface area contributed by atoms with Gasteiger partial charge in [0.1, 0.15) is 23.7 Å². The first kappa shape index (κ1) is 21.3. The number of aliphatic carboxylic acids is 1. The van der Waals surface area contributed by atoms with Gasteiger partial charge in [0.2, 0.25) is 5.91 Å². The van der Waals surface area contributed by atoms with E-state index in [0.717, 1.165) is 10.5 Å². The number of hydrogen-bond acceptors (Lipinski definition) is 7. The van der Waals surface area contributed by atoms with Crippen LogP contribution in [0.4, 0.5) is 0 Å². The molecule has 2 N–H and O–H groups in total. The highest BCUT2D eigenvalue weighted by molar-refractivity contribution is 8.00. The van der Waals surface area contributed by atoms with E-state index in [1.807, 2.05) is 30.3 Å². The molecular weight excluding hydrogens is 416 g/mol. The van der Waals surface area contributed by atoms with Crippen molar-refractivity contribution in [2.75, 3.05) is 18.1 Å². The smallest absolute Gasteiger partial charge is 0.352 e. The minimum Gasteiger partial charge on any atom is -0.477 e. The fraction of sp³-hybridized carbons (Fsp3) is 0.368. The van der Waals surface area contributed by atoms with E-state index in [1.54, 1.807) is 0 Å². The molecule has 154 valence electrons. The maximum atomic E-state index is 12.5. The molecule has 1 aromatic carbocycles. The number of thioether (sulfide) groups is 2. The molecule has 1 aromatic rings. The number of β-lactam (4-membered cyclic amide) rings is 1. The Hall–Kier alpha value is -2.46. The first-order valence-corrected chi connectivity index (χ1v) is 11.0. The van der Waals surface area contributed by atoms with Crippen molar-refractivity contribution in [1.29, 1.82) is 0 Å². The molecule has 2 atom stereocenters. The van der Waals surface area contributed by atoms with Crippen LogP contribution in [0.15, 0.2) is 41.6 Å². The maximum absolute atomic E-state index is 12.5. The standard InChI is InChI=1S/C19H20N2O6S2/c1-11(22)27-7-13-9-29-18-15(17(24)21(18)16(13)19(25)26)20-14(23)10-28-8-12-5-3-2-4-6-12/h2-6,15,18H,7-10H2,1H3,(H,20,23)(H,25,26)/t15-,18-/m1/s1. The third kappa shape index (κ3) is 4.94. The number of ether oxygens (including phenoxy) is 1. The molecule has 0 radical (unpaired) electrons. The van der Waals surface area contributed by atoms with Crippen molar-refractivity contribution in [3.63, 3.8) is 0 Å². The molecule has 1 fully saturated rings. The van der Waals surface area contributed by atoms with Crippen molar-refractivity contribution in [3.05, 3.63) is 47.2 Å². The van der Waals surface area contributed by atoms with E-state index >= 15 is 0 Å². The lowest BCUT2D eigenvalue weighted by atomic mass is 10.0. The molecule has 2 heterocycles. The largest absolute Gasteiger partial charge is 0.477 e. The number of esters is 1. The number of nitrogens with one attached hydrogen (secondary N) is 1. The van der Waals surface area contributed by atoms with E-state index in [9.17, 15) is 24.3 Å². The number of carboxylic acids is 1. The monoisotopic (exact) mass is 436 g/mol. The minimum atomic E-state index is -1.26. The van der Waals surface area contributed by atoms with Crippen LogP contribution in [0.1, 0.15) is 12.5 Å². The molecule has 2 aliphatic heterocycles. The lowest BCUT2D eigenvalue weighted by Gasteiger charge is -2.49. The number of rotatable bonds is 8. The fourth-order valence-corrected chi connectivity index (χ4v) is 5.16. The molecule has 8 nitrogen and oxygen atoms in total. The normalized spacial score (nSPS) is 20.6. The molecule has 10 heteroatoms. The third-order valence-electron chi connectivity index (χ3n) is 4.36. The van der Waals surface area contributed by atoms with Crippen LogP contribution in [0.25, 0.3) is 0 Å². The molecule has 0 bridgehead atoms. The zero-order chi connectivity index (χ0) is 21.0. The molecule has 1 saturated heterocycles. The summed E-state index contributed by atoms with van der Waals surface area (Å²) < 4.78 is 4.89. The average Bonchev–Trinajstić information content (AvgIpc) is 2.70. The Kier molecular flexibility index (Phi) is 6.86. The highest BCUT2D eigenvalue weighted by atomic mass is 32.2. The third-order valence-corrected chi connectivity index (χ3v) is 6.70. The Morgan fingerprint density at radius 1 is 1.31 bits per heavy atom. The van der Waals surface area contributed by atoms with Gasteiger partial charge in [-0.2, -0.15) is 0 Å². The van der Waals surface area contributed by atoms with Crippen LogP contribution in [0, 0.1) is 0 Å². The van der Waals surface area contributed by atoms with Crippen molar-refractivity contribution >= 4 is 47.3 Å². The Labute approximate surface area is 176 Å². The number of hydrogen-bond donors (Lipinski definition) is 2. The molecule has 29 heavy (non-hydrogen) atoms. The van der Waals surface area contributed by atoms with E-state index in [-0.39, 0.29) is 24.0 Å². The zero-order valence-electron chi connectivity index (χ0n) is 15.6. The summed E-state index contributed by atoms with van der Waals surface area (Å²) in [4.78, 5) is 48.6. The van der Waals surface area contributed by atoms with Gasteiger partial charge in [0.25, 0.3) is 5.91 Å². The quantitative estimate of drug-likeness (QED) is 0.462. The average molecular weight is 437 g/mol. The van der Waals surface area contributed by atoms with E-state index < -0.39 is 29.3 Å². The first-order valence-electron chi connectivity index (χ1n) is 8.83. The van der Waals surface area contributed by atoms with Crippen molar-refractivity contribution in [2.24, 2.45) is 0 Å². The van der Waals surface area contributed by atoms with Crippen molar-refractivity contribution in [2.45, 2.75) is 24.1 Å². The lowest BCUT2D eigenvalue weighted by molar-refractivity contribution is -0.150. The molecule has 0 aromatic heterocycles. The Balaban J connectivity index is 1.56. The second-order valence-electron chi connectivity index (χ2n) is 6.47. The molecule has 0 saturated carbocycles. The Morgan fingerprint density at radius 2 is 2.03 bits per heavy atom. The van der Waals surface area contributed by atoms with Gasteiger partial charge in [-0.1, -0.05) is 30.3 Å². The molecule has 3 rings (SSSR count). The summed E-state index contributed by atoms with van der Waals surface area (Å²) in [5.74, 6) is -1.33. The minimum absolute atomic E-state index is 0.163. The second-order valence-corrected chi connectivity index (χ2v) is 8.56. The fourth-order valence-electron chi connectivity index (χ4n) is 3.03. The zero-order valence-corrected chi connectivity index (χ0v) is 17.3. The summed E-state index contributed by atoms with van der Waals surface area (Å²) in [6.45, 7) is 1.06. The number of carbonyl (C=O) groups is 4. The molecular formula is C19H20N2O6S2. The van der Waals surface area contributed by atoms with Gasteiger partial charge in [-0.3, -0.25) is 19.3 Å². The van der Waals surface area contributed by atoms with Gasteiger partial charge in [0.05, 0.1) is 5.75 Å². The maximum Gasteiger partial charge on any atom is 0.352 e. The van der Waals surface area contributed by atoms with Gasteiger partial charge in [-0.05, 0) is 5.56 Å². The number of benzene rings is 1. The topological polar surface area (TPSA) is 113 Å². The van der Waals surface area contributed by atoms with E-state index in [4.69, 9.17) is 4.74 Å². The Bertz CT molecular complexity index is 858. The van der Waals surface area contributed by atoms with Crippen LogP contribution in [0.2, 0.25) is 0 Å². The van der Waals surface area contributed by atoms with E-state index in [1.165, 1.54) is 30.4 Å². The van der Waals surface area contributed by atoms with Gasteiger partial charge in [0, 0.05) is 24.0 Å². The van der Waals surface area contributed by atoms with Crippen LogP contribution in [-0.4, -0.2) is 63.3 Å². The molecule has 0 spiro atoms.